The maximum Gasteiger partial charge on any atom is 0.335 e. The van der Waals surface area contributed by atoms with E-state index in [0.29, 0.717) is 19.6 Å². The highest BCUT2D eigenvalue weighted by Crippen LogP contribution is 2.23. The van der Waals surface area contributed by atoms with Crippen molar-refractivity contribution in [3.8, 4) is 16.9 Å². The van der Waals surface area contributed by atoms with Crippen molar-refractivity contribution in [2.24, 2.45) is 0 Å². The van der Waals surface area contributed by atoms with Crippen LogP contribution >= 0.6 is 0 Å². The van der Waals surface area contributed by atoms with E-state index in [1.807, 2.05) is 60.7 Å². The van der Waals surface area contributed by atoms with Gasteiger partial charge >= 0.3 is 5.97 Å². The van der Waals surface area contributed by atoms with Crippen LogP contribution in [0.3, 0.4) is 0 Å². The first-order valence-corrected chi connectivity index (χ1v) is 9.86. The first kappa shape index (κ1) is 21.4. The Balaban J connectivity index is 1.40. The highest BCUT2D eigenvalue weighted by Gasteiger charge is 2.06. The van der Waals surface area contributed by atoms with E-state index in [4.69, 9.17) is 9.84 Å². The summed E-state index contributed by atoms with van der Waals surface area (Å²) in [6.07, 6.45) is -0.588. The van der Waals surface area contributed by atoms with Crippen LogP contribution in [-0.4, -0.2) is 48.5 Å². The zero-order valence-electron chi connectivity index (χ0n) is 16.6. The molecule has 6 heteroatoms. The Kier molecular flexibility index (Phi) is 7.83. The van der Waals surface area contributed by atoms with Gasteiger partial charge in [0.2, 0.25) is 0 Å². The Labute approximate surface area is 176 Å². The van der Waals surface area contributed by atoms with Gasteiger partial charge in [-0.1, -0.05) is 42.5 Å². The molecule has 0 spiro atoms. The molecule has 3 rings (SSSR count). The normalized spacial score (nSPS) is 11.6. The minimum Gasteiger partial charge on any atom is -0.491 e. The molecule has 3 aromatic carbocycles. The van der Waals surface area contributed by atoms with E-state index in [2.05, 4.69) is 10.6 Å². The Hall–Kier alpha value is -3.35. The second-order valence-corrected chi connectivity index (χ2v) is 6.88. The van der Waals surface area contributed by atoms with Gasteiger partial charge in [0.1, 0.15) is 18.5 Å². The van der Waals surface area contributed by atoms with Crippen LogP contribution in [0.15, 0.2) is 78.9 Å². The third-order valence-electron chi connectivity index (χ3n) is 4.50. The summed E-state index contributed by atoms with van der Waals surface area (Å²) in [5.74, 6) is -0.194. The quantitative estimate of drug-likeness (QED) is 0.365. The summed E-state index contributed by atoms with van der Waals surface area (Å²) in [5, 5.41) is 25.7. The van der Waals surface area contributed by atoms with Crippen molar-refractivity contribution >= 4 is 11.7 Å². The molecule has 0 aliphatic carbocycles. The molecule has 30 heavy (non-hydrogen) atoms. The number of nitrogens with one attached hydrogen (secondary N) is 2. The number of hydrogen-bond acceptors (Lipinski definition) is 5. The third kappa shape index (κ3) is 6.62. The lowest BCUT2D eigenvalue weighted by Crippen LogP contribution is -2.34. The van der Waals surface area contributed by atoms with E-state index in [0.717, 1.165) is 22.6 Å². The van der Waals surface area contributed by atoms with Crippen LogP contribution in [0.5, 0.6) is 5.75 Å². The molecule has 1 atom stereocenters. The van der Waals surface area contributed by atoms with E-state index >= 15 is 0 Å². The van der Waals surface area contributed by atoms with Crippen LogP contribution in [0.4, 0.5) is 5.69 Å². The molecule has 6 nitrogen and oxygen atoms in total. The molecular formula is C24H26N2O4. The minimum atomic E-state index is -0.937. The fourth-order valence-electron chi connectivity index (χ4n) is 2.97. The predicted octanol–water partition coefficient (Wildman–Crippen LogP) is 3.49. The van der Waals surface area contributed by atoms with Crippen molar-refractivity contribution in [1.29, 1.82) is 0 Å². The molecule has 0 aliphatic heterocycles. The molecule has 0 heterocycles. The molecule has 156 valence electrons. The Morgan fingerprint density at radius 3 is 2.40 bits per heavy atom. The monoisotopic (exact) mass is 406 g/mol. The second-order valence-electron chi connectivity index (χ2n) is 6.88. The van der Waals surface area contributed by atoms with Crippen molar-refractivity contribution in [1.82, 2.24) is 5.32 Å². The maximum atomic E-state index is 11.2. The number of aliphatic hydroxyl groups excluding tert-OH is 1. The summed E-state index contributed by atoms with van der Waals surface area (Å²) in [7, 11) is 0. The summed E-state index contributed by atoms with van der Waals surface area (Å²) in [6.45, 7) is 2.05. The van der Waals surface area contributed by atoms with Gasteiger partial charge in [-0.15, -0.1) is 0 Å². The summed E-state index contributed by atoms with van der Waals surface area (Å²) >= 11 is 0. The minimum absolute atomic E-state index is 0.238. The van der Waals surface area contributed by atoms with E-state index in [-0.39, 0.29) is 12.2 Å². The Morgan fingerprint density at radius 1 is 0.900 bits per heavy atom. The first-order chi connectivity index (χ1) is 14.6. The Morgan fingerprint density at radius 2 is 1.63 bits per heavy atom. The Bertz CT molecular complexity index is 947. The number of aromatic carboxylic acids is 1. The molecule has 3 aromatic rings. The van der Waals surface area contributed by atoms with Crippen LogP contribution < -0.4 is 15.4 Å². The molecule has 0 amide bonds. The lowest BCUT2D eigenvalue weighted by Gasteiger charge is -2.14. The fourth-order valence-corrected chi connectivity index (χ4v) is 2.97. The van der Waals surface area contributed by atoms with Gasteiger partial charge in [-0.3, -0.25) is 0 Å². The number of anilines is 1. The molecule has 0 aliphatic rings. The topological polar surface area (TPSA) is 90.8 Å². The van der Waals surface area contributed by atoms with Gasteiger partial charge in [0.05, 0.1) is 5.56 Å². The number of rotatable bonds is 11. The molecule has 0 saturated heterocycles. The molecule has 0 radical (unpaired) electrons. The first-order valence-electron chi connectivity index (χ1n) is 9.86. The van der Waals surface area contributed by atoms with Crippen molar-refractivity contribution in [3.63, 3.8) is 0 Å². The maximum absolute atomic E-state index is 11.2. The summed E-state index contributed by atoms with van der Waals surface area (Å²) in [4.78, 5) is 11.2. The number of para-hydroxylation sites is 1. The van der Waals surface area contributed by atoms with Crippen LogP contribution in [0.1, 0.15) is 10.4 Å². The van der Waals surface area contributed by atoms with Gasteiger partial charge in [-0.2, -0.15) is 0 Å². The van der Waals surface area contributed by atoms with Crippen molar-refractivity contribution < 1.29 is 19.7 Å². The molecule has 1 unspecified atom stereocenters. The van der Waals surface area contributed by atoms with Gasteiger partial charge in [0.15, 0.2) is 0 Å². The van der Waals surface area contributed by atoms with Crippen LogP contribution in [0.25, 0.3) is 11.1 Å². The number of carbonyl (C=O) groups is 1. The number of carboxylic acid groups (broad SMARTS) is 1. The lowest BCUT2D eigenvalue weighted by molar-refractivity contribution is 0.0697. The average molecular weight is 406 g/mol. The number of carboxylic acids is 1. The average Bonchev–Trinajstić information content (AvgIpc) is 2.78. The molecule has 0 fully saturated rings. The standard InChI is InChI=1S/C24H26N2O4/c27-22(17-30-23-10-2-1-3-11-23)16-25-12-13-26-21-9-5-7-19(15-21)18-6-4-8-20(14-18)24(28)29/h1-11,14-15,22,25-27H,12-13,16-17H2,(H,28,29). The largest absolute Gasteiger partial charge is 0.491 e. The highest BCUT2D eigenvalue weighted by atomic mass is 16.5. The zero-order valence-corrected chi connectivity index (χ0v) is 16.6. The van der Waals surface area contributed by atoms with Gasteiger partial charge in [0.25, 0.3) is 0 Å². The summed E-state index contributed by atoms with van der Waals surface area (Å²) in [5.41, 5.74) is 3.02. The van der Waals surface area contributed by atoms with E-state index in [1.54, 1.807) is 18.2 Å². The van der Waals surface area contributed by atoms with Crippen molar-refractivity contribution in [2.45, 2.75) is 6.10 Å². The second kappa shape index (κ2) is 11.0. The van der Waals surface area contributed by atoms with Crippen LogP contribution in [0.2, 0.25) is 0 Å². The molecule has 0 saturated carbocycles. The van der Waals surface area contributed by atoms with E-state index in [9.17, 15) is 9.90 Å². The predicted molar refractivity (Wildman–Crippen MR) is 118 cm³/mol. The van der Waals surface area contributed by atoms with Gasteiger partial charge in [0, 0.05) is 25.3 Å². The highest BCUT2D eigenvalue weighted by molar-refractivity contribution is 5.89. The number of benzene rings is 3. The molecule has 0 aromatic heterocycles. The van der Waals surface area contributed by atoms with Crippen LogP contribution in [-0.2, 0) is 0 Å². The molecule has 0 bridgehead atoms. The van der Waals surface area contributed by atoms with Gasteiger partial charge < -0.3 is 25.6 Å². The lowest BCUT2D eigenvalue weighted by atomic mass is 10.0. The third-order valence-corrected chi connectivity index (χ3v) is 4.50. The molecule has 4 N–H and O–H groups in total. The van der Waals surface area contributed by atoms with E-state index < -0.39 is 12.1 Å². The van der Waals surface area contributed by atoms with Crippen LogP contribution in [0, 0.1) is 0 Å². The van der Waals surface area contributed by atoms with Crippen molar-refractivity contribution in [3.05, 3.63) is 84.4 Å². The number of hydrogen-bond donors (Lipinski definition) is 4. The van der Waals surface area contributed by atoms with E-state index in [1.165, 1.54) is 0 Å². The number of aliphatic hydroxyl groups is 1. The van der Waals surface area contributed by atoms with Crippen molar-refractivity contribution in [2.75, 3.05) is 31.6 Å². The van der Waals surface area contributed by atoms with Gasteiger partial charge in [-0.25, -0.2) is 4.79 Å². The fraction of sp³-hybridized carbons (Fsp3) is 0.208. The summed E-state index contributed by atoms with van der Waals surface area (Å²) in [6, 6.07) is 24.1. The van der Waals surface area contributed by atoms with Gasteiger partial charge in [-0.05, 0) is 47.5 Å². The smallest absolute Gasteiger partial charge is 0.335 e. The summed E-state index contributed by atoms with van der Waals surface area (Å²) < 4.78 is 5.53. The zero-order chi connectivity index (χ0) is 21.2. The number of ether oxygens (including phenoxy) is 1. The SMILES string of the molecule is O=C(O)c1cccc(-c2cccc(NCCNCC(O)COc3ccccc3)c2)c1. The molecular weight excluding hydrogens is 380 g/mol.